The molecule has 2 rings (SSSR count). The first-order valence-corrected chi connectivity index (χ1v) is 7.20. The summed E-state index contributed by atoms with van der Waals surface area (Å²) in [5, 5.41) is 3.76. The maximum absolute atomic E-state index is 12.1. The van der Waals surface area contributed by atoms with Crippen molar-refractivity contribution in [3.63, 3.8) is 0 Å². The van der Waals surface area contributed by atoms with Gasteiger partial charge in [-0.25, -0.2) is 0 Å². The van der Waals surface area contributed by atoms with Crippen molar-refractivity contribution in [3.05, 3.63) is 51.4 Å². The maximum atomic E-state index is 12.1. The van der Waals surface area contributed by atoms with Crippen molar-refractivity contribution in [3.8, 4) is 0 Å². The molecule has 0 radical (unpaired) electrons. The predicted octanol–water partition coefficient (Wildman–Crippen LogP) is 3.32. The molecule has 3 N–H and O–H groups in total. The van der Waals surface area contributed by atoms with Gasteiger partial charge in [0.15, 0.2) is 0 Å². The number of nitrogens with two attached hydrogens (primary N) is 1. The number of carbonyl (C=O) groups is 2. The molecule has 0 aliphatic heterocycles. The Morgan fingerprint density at radius 2 is 1.95 bits per heavy atom. The van der Waals surface area contributed by atoms with Gasteiger partial charge in [0.2, 0.25) is 0 Å². The molecule has 0 aliphatic rings. The number of rotatable bonds is 4. The van der Waals surface area contributed by atoms with Crippen LogP contribution in [0.1, 0.15) is 32.5 Å². The van der Waals surface area contributed by atoms with Gasteiger partial charge in [-0.05, 0) is 36.8 Å². The fraction of sp³-hybridized carbons (Fsp3) is 0.143. The Bertz CT molecular complexity index is 650. The van der Waals surface area contributed by atoms with Crippen LogP contribution in [0.25, 0.3) is 0 Å². The van der Waals surface area contributed by atoms with Gasteiger partial charge in [0, 0.05) is 15.5 Å². The average molecular weight is 309 g/mol. The summed E-state index contributed by atoms with van der Waals surface area (Å²) in [6, 6.07) is 8.23. The number of thiophene rings is 1. The third-order valence-electron chi connectivity index (χ3n) is 2.73. The number of primary amides is 1. The Hall–Kier alpha value is -1.85. The summed E-state index contributed by atoms with van der Waals surface area (Å²) < 4.78 is 0. The lowest BCUT2D eigenvalue weighted by Crippen LogP contribution is -2.16. The number of carbonyl (C=O) groups excluding carboxylic acids is 2. The number of amides is 2. The van der Waals surface area contributed by atoms with Crippen LogP contribution in [0, 0.1) is 0 Å². The quantitative estimate of drug-likeness (QED) is 0.909. The van der Waals surface area contributed by atoms with Crippen LogP contribution in [0.3, 0.4) is 0 Å². The van der Waals surface area contributed by atoms with Crippen LogP contribution in [0.5, 0.6) is 0 Å². The summed E-state index contributed by atoms with van der Waals surface area (Å²) in [6.45, 7) is 1.97. The minimum Gasteiger partial charge on any atom is -0.366 e. The van der Waals surface area contributed by atoms with Crippen molar-refractivity contribution in [1.29, 1.82) is 0 Å². The Morgan fingerprint density at radius 1 is 1.30 bits per heavy atom. The second kappa shape index (κ2) is 6.07. The van der Waals surface area contributed by atoms with Gasteiger partial charge < -0.3 is 11.1 Å². The first-order chi connectivity index (χ1) is 9.51. The van der Waals surface area contributed by atoms with Crippen molar-refractivity contribution in [2.45, 2.75) is 13.3 Å². The van der Waals surface area contributed by atoms with Gasteiger partial charge in [0.25, 0.3) is 11.8 Å². The first-order valence-electron chi connectivity index (χ1n) is 6.00. The van der Waals surface area contributed by atoms with Crippen LogP contribution in [-0.4, -0.2) is 11.8 Å². The first kappa shape index (κ1) is 14.6. The van der Waals surface area contributed by atoms with Gasteiger partial charge >= 0.3 is 0 Å². The van der Waals surface area contributed by atoms with E-state index in [2.05, 4.69) is 5.32 Å². The van der Waals surface area contributed by atoms with E-state index in [1.54, 1.807) is 30.3 Å². The number of benzene rings is 1. The SMILES string of the molecule is CCc1cc(C(N)=O)c(NC(=O)c2ccc(Cl)cc2)s1. The molecule has 0 fully saturated rings. The molecule has 2 amide bonds. The molecular formula is C14H13ClN2O2S. The van der Waals surface area contributed by atoms with E-state index in [-0.39, 0.29) is 5.91 Å². The second-order valence-corrected chi connectivity index (χ2v) is 5.71. The summed E-state index contributed by atoms with van der Waals surface area (Å²) in [5.41, 5.74) is 6.13. The zero-order chi connectivity index (χ0) is 14.7. The van der Waals surface area contributed by atoms with Crippen LogP contribution in [0.2, 0.25) is 5.02 Å². The van der Waals surface area contributed by atoms with E-state index in [0.29, 0.717) is 21.2 Å². The van der Waals surface area contributed by atoms with Gasteiger partial charge in [-0.3, -0.25) is 9.59 Å². The number of aryl methyl sites for hydroxylation is 1. The summed E-state index contributed by atoms with van der Waals surface area (Å²) in [7, 11) is 0. The Labute approximate surface area is 125 Å². The predicted molar refractivity (Wildman–Crippen MR) is 81.6 cm³/mol. The highest BCUT2D eigenvalue weighted by atomic mass is 35.5. The minimum atomic E-state index is -0.549. The summed E-state index contributed by atoms with van der Waals surface area (Å²) in [6.07, 6.45) is 0.780. The Morgan fingerprint density at radius 3 is 2.50 bits per heavy atom. The summed E-state index contributed by atoms with van der Waals surface area (Å²) >= 11 is 7.13. The van der Waals surface area contributed by atoms with E-state index in [9.17, 15) is 9.59 Å². The molecule has 0 aliphatic carbocycles. The topological polar surface area (TPSA) is 72.2 Å². The monoisotopic (exact) mass is 308 g/mol. The number of hydrogen-bond acceptors (Lipinski definition) is 3. The maximum Gasteiger partial charge on any atom is 0.256 e. The number of halogens is 1. The van der Waals surface area contributed by atoms with E-state index in [0.717, 1.165) is 11.3 Å². The second-order valence-electron chi connectivity index (χ2n) is 4.13. The molecule has 0 bridgehead atoms. The van der Waals surface area contributed by atoms with Crippen LogP contribution in [0.15, 0.2) is 30.3 Å². The van der Waals surface area contributed by atoms with E-state index < -0.39 is 5.91 Å². The Kier molecular flexibility index (Phi) is 4.42. The fourth-order valence-electron chi connectivity index (χ4n) is 1.67. The lowest BCUT2D eigenvalue weighted by atomic mass is 10.2. The lowest BCUT2D eigenvalue weighted by molar-refractivity contribution is 0.100. The van der Waals surface area contributed by atoms with E-state index in [1.165, 1.54) is 11.3 Å². The normalized spacial score (nSPS) is 10.3. The average Bonchev–Trinajstić information content (AvgIpc) is 2.82. The molecule has 20 heavy (non-hydrogen) atoms. The standard InChI is InChI=1S/C14H13ClN2O2S/c1-2-10-7-11(12(16)18)14(20-10)17-13(19)8-3-5-9(15)6-4-8/h3-7H,2H2,1H3,(H2,16,18)(H,17,19). The van der Waals surface area contributed by atoms with E-state index in [1.807, 2.05) is 6.92 Å². The van der Waals surface area contributed by atoms with Crippen LogP contribution in [0.4, 0.5) is 5.00 Å². The largest absolute Gasteiger partial charge is 0.366 e. The molecule has 1 heterocycles. The number of hydrogen-bond donors (Lipinski definition) is 2. The van der Waals surface area contributed by atoms with Crippen LogP contribution >= 0.6 is 22.9 Å². The third-order valence-corrected chi connectivity index (χ3v) is 4.18. The number of nitrogens with one attached hydrogen (secondary N) is 1. The lowest BCUT2D eigenvalue weighted by Gasteiger charge is -2.04. The van der Waals surface area contributed by atoms with Gasteiger partial charge in [-0.1, -0.05) is 18.5 Å². The molecule has 0 saturated heterocycles. The highest BCUT2D eigenvalue weighted by Crippen LogP contribution is 2.28. The summed E-state index contributed by atoms with van der Waals surface area (Å²) in [5.74, 6) is -0.846. The minimum absolute atomic E-state index is 0.298. The van der Waals surface area contributed by atoms with Gasteiger partial charge in [0.05, 0.1) is 5.56 Å². The van der Waals surface area contributed by atoms with E-state index in [4.69, 9.17) is 17.3 Å². The molecule has 6 heteroatoms. The highest BCUT2D eigenvalue weighted by molar-refractivity contribution is 7.16. The zero-order valence-corrected chi connectivity index (χ0v) is 12.3. The van der Waals surface area contributed by atoms with Crippen LogP contribution in [-0.2, 0) is 6.42 Å². The van der Waals surface area contributed by atoms with Gasteiger partial charge in [0.1, 0.15) is 5.00 Å². The molecule has 0 atom stereocenters. The molecule has 2 aromatic rings. The Balaban J connectivity index is 2.25. The molecule has 4 nitrogen and oxygen atoms in total. The smallest absolute Gasteiger partial charge is 0.256 e. The summed E-state index contributed by atoms with van der Waals surface area (Å²) in [4.78, 5) is 24.5. The molecule has 1 aromatic heterocycles. The molecule has 0 spiro atoms. The molecule has 0 unspecified atom stereocenters. The van der Waals surface area contributed by atoms with Crippen molar-refractivity contribution in [2.75, 3.05) is 5.32 Å². The highest BCUT2D eigenvalue weighted by Gasteiger charge is 2.16. The third kappa shape index (κ3) is 3.18. The van der Waals surface area contributed by atoms with E-state index >= 15 is 0 Å². The molecule has 0 saturated carbocycles. The van der Waals surface area contributed by atoms with Gasteiger partial charge in [-0.15, -0.1) is 11.3 Å². The fourth-order valence-corrected chi connectivity index (χ4v) is 2.79. The van der Waals surface area contributed by atoms with Crippen molar-refractivity contribution in [2.24, 2.45) is 5.73 Å². The van der Waals surface area contributed by atoms with Crippen molar-refractivity contribution < 1.29 is 9.59 Å². The zero-order valence-electron chi connectivity index (χ0n) is 10.8. The molecule has 104 valence electrons. The molecular weight excluding hydrogens is 296 g/mol. The van der Waals surface area contributed by atoms with Crippen LogP contribution < -0.4 is 11.1 Å². The van der Waals surface area contributed by atoms with Crippen molar-refractivity contribution in [1.82, 2.24) is 0 Å². The van der Waals surface area contributed by atoms with Gasteiger partial charge in [-0.2, -0.15) is 0 Å². The number of anilines is 1. The van der Waals surface area contributed by atoms with Crippen molar-refractivity contribution >= 4 is 39.8 Å². The molecule has 1 aromatic carbocycles.